The number of carbonyl (C=O) groups is 1. The number of hydrogen-bond acceptors (Lipinski definition) is 2. The molecule has 0 fully saturated rings. The Balaban J connectivity index is 2.00. The summed E-state index contributed by atoms with van der Waals surface area (Å²) in [4.78, 5) is 14.6. The van der Waals surface area contributed by atoms with Gasteiger partial charge in [-0.05, 0) is 55.0 Å². The minimum Gasteiger partial charge on any atom is -0.466 e. The van der Waals surface area contributed by atoms with E-state index in [9.17, 15) is 4.79 Å². The number of benzene rings is 1. The van der Waals surface area contributed by atoms with Gasteiger partial charge in [-0.1, -0.05) is 6.07 Å². The molecule has 98 valence electrons. The second kappa shape index (κ2) is 4.92. The number of methoxy groups -OCH3 is 1. The molecule has 1 aromatic carbocycles. The van der Waals surface area contributed by atoms with Crippen LogP contribution in [-0.2, 0) is 22.4 Å². The summed E-state index contributed by atoms with van der Waals surface area (Å²) < 4.78 is 4.60. The zero-order valence-corrected chi connectivity index (χ0v) is 11.0. The highest BCUT2D eigenvalue weighted by atomic mass is 16.5. The van der Waals surface area contributed by atoms with E-state index in [0.29, 0.717) is 0 Å². The highest BCUT2D eigenvalue weighted by molar-refractivity contribution is 5.90. The molecule has 3 heteroatoms. The summed E-state index contributed by atoms with van der Waals surface area (Å²) >= 11 is 0. The second-order valence-corrected chi connectivity index (χ2v) is 4.95. The molecule has 0 spiro atoms. The van der Waals surface area contributed by atoms with Gasteiger partial charge < -0.3 is 9.72 Å². The molecule has 0 unspecified atom stereocenters. The van der Waals surface area contributed by atoms with Crippen LogP contribution in [0.4, 0.5) is 0 Å². The Hall–Kier alpha value is -2.03. The number of ether oxygens (including phenoxy) is 1. The summed E-state index contributed by atoms with van der Waals surface area (Å²) in [6, 6.07) is 6.25. The van der Waals surface area contributed by atoms with Gasteiger partial charge >= 0.3 is 5.97 Å². The summed E-state index contributed by atoms with van der Waals surface area (Å²) in [6.07, 6.45) is 8.10. The molecule has 1 N–H and O–H groups in total. The number of H-pyrrole nitrogens is 1. The lowest BCUT2D eigenvalue weighted by atomic mass is 9.95. The smallest absolute Gasteiger partial charge is 0.330 e. The molecule has 19 heavy (non-hydrogen) atoms. The predicted octanol–water partition coefficient (Wildman–Crippen LogP) is 3.23. The van der Waals surface area contributed by atoms with Crippen molar-refractivity contribution in [1.29, 1.82) is 0 Å². The van der Waals surface area contributed by atoms with Gasteiger partial charge in [0.1, 0.15) is 0 Å². The van der Waals surface area contributed by atoms with Gasteiger partial charge in [0.15, 0.2) is 0 Å². The molecule has 1 aliphatic carbocycles. The van der Waals surface area contributed by atoms with Crippen molar-refractivity contribution in [3.05, 3.63) is 41.1 Å². The maximum Gasteiger partial charge on any atom is 0.330 e. The molecule has 0 bridgehead atoms. The van der Waals surface area contributed by atoms with Gasteiger partial charge in [-0.25, -0.2) is 4.79 Å². The van der Waals surface area contributed by atoms with Crippen molar-refractivity contribution in [2.45, 2.75) is 25.7 Å². The van der Waals surface area contributed by atoms with Crippen molar-refractivity contribution >= 4 is 22.9 Å². The van der Waals surface area contributed by atoms with Crippen molar-refractivity contribution in [3.63, 3.8) is 0 Å². The average Bonchev–Trinajstić information content (AvgIpc) is 2.82. The SMILES string of the molecule is COC(=O)C=Cc1ccc2[nH]c3c(c2c1)CCCC3. The maximum absolute atomic E-state index is 11.1. The van der Waals surface area contributed by atoms with Crippen LogP contribution in [0.15, 0.2) is 24.3 Å². The van der Waals surface area contributed by atoms with E-state index in [0.717, 1.165) is 18.4 Å². The molecule has 1 aliphatic rings. The van der Waals surface area contributed by atoms with Crippen LogP contribution in [0, 0.1) is 0 Å². The van der Waals surface area contributed by atoms with E-state index < -0.39 is 0 Å². The average molecular weight is 255 g/mol. The zero-order chi connectivity index (χ0) is 13.2. The Morgan fingerprint density at radius 1 is 1.32 bits per heavy atom. The number of esters is 1. The van der Waals surface area contributed by atoms with Crippen LogP contribution in [0.3, 0.4) is 0 Å². The van der Waals surface area contributed by atoms with Crippen molar-refractivity contribution in [2.75, 3.05) is 7.11 Å². The fourth-order valence-corrected chi connectivity index (χ4v) is 2.76. The molecule has 2 aromatic rings. The Morgan fingerprint density at radius 3 is 3.00 bits per heavy atom. The number of aromatic nitrogens is 1. The van der Waals surface area contributed by atoms with Crippen molar-refractivity contribution in [1.82, 2.24) is 4.98 Å². The minimum absolute atomic E-state index is 0.323. The third-order valence-corrected chi connectivity index (χ3v) is 3.74. The molecule has 0 atom stereocenters. The lowest BCUT2D eigenvalue weighted by molar-refractivity contribution is -0.134. The van der Waals surface area contributed by atoms with E-state index in [2.05, 4.69) is 21.9 Å². The molecule has 1 aromatic heterocycles. The molecular formula is C16H17NO2. The van der Waals surface area contributed by atoms with Gasteiger partial charge in [0.05, 0.1) is 7.11 Å². The van der Waals surface area contributed by atoms with Gasteiger partial charge in [-0.3, -0.25) is 0 Å². The highest BCUT2D eigenvalue weighted by Crippen LogP contribution is 2.29. The van der Waals surface area contributed by atoms with Crippen LogP contribution in [-0.4, -0.2) is 18.1 Å². The molecule has 1 heterocycles. The molecular weight excluding hydrogens is 238 g/mol. The van der Waals surface area contributed by atoms with E-state index in [-0.39, 0.29) is 5.97 Å². The number of fused-ring (bicyclic) bond motifs is 3. The maximum atomic E-state index is 11.1. The van der Waals surface area contributed by atoms with Gasteiger partial charge in [0.25, 0.3) is 0 Å². The lowest BCUT2D eigenvalue weighted by Gasteiger charge is -2.10. The van der Waals surface area contributed by atoms with Crippen molar-refractivity contribution in [3.8, 4) is 0 Å². The Morgan fingerprint density at radius 2 is 2.16 bits per heavy atom. The topological polar surface area (TPSA) is 42.1 Å². The van der Waals surface area contributed by atoms with Gasteiger partial charge in [-0.15, -0.1) is 0 Å². The van der Waals surface area contributed by atoms with Crippen LogP contribution in [0.2, 0.25) is 0 Å². The molecule has 0 saturated carbocycles. The second-order valence-electron chi connectivity index (χ2n) is 4.95. The summed E-state index contributed by atoms with van der Waals surface area (Å²) in [6.45, 7) is 0. The largest absolute Gasteiger partial charge is 0.466 e. The fourth-order valence-electron chi connectivity index (χ4n) is 2.76. The number of carbonyl (C=O) groups excluding carboxylic acids is 1. The monoisotopic (exact) mass is 255 g/mol. The number of aromatic amines is 1. The first kappa shape index (κ1) is 12.0. The minimum atomic E-state index is -0.323. The van der Waals surface area contributed by atoms with Crippen LogP contribution in [0.25, 0.3) is 17.0 Å². The number of nitrogens with one attached hydrogen (secondary N) is 1. The summed E-state index contributed by atoms with van der Waals surface area (Å²) in [5, 5.41) is 1.29. The quantitative estimate of drug-likeness (QED) is 0.661. The first-order valence-electron chi connectivity index (χ1n) is 6.67. The van der Waals surface area contributed by atoms with Crippen LogP contribution >= 0.6 is 0 Å². The number of aryl methyl sites for hydroxylation is 2. The Labute approximate surface area is 112 Å². The number of rotatable bonds is 2. The standard InChI is InChI=1S/C16H17NO2/c1-19-16(18)9-7-11-6-8-15-13(10-11)12-4-2-3-5-14(12)17-15/h6-10,17H,2-5H2,1H3. The Bertz CT molecular complexity index is 652. The zero-order valence-electron chi connectivity index (χ0n) is 11.0. The normalized spacial score (nSPS) is 14.8. The first-order chi connectivity index (χ1) is 9.28. The van der Waals surface area contributed by atoms with E-state index in [1.165, 1.54) is 48.2 Å². The van der Waals surface area contributed by atoms with Crippen LogP contribution < -0.4 is 0 Å². The van der Waals surface area contributed by atoms with E-state index in [4.69, 9.17) is 0 Å². The number of hydrogen-bond donors (Lipinski definition) is 1. The molecule has 0 radical (unpaired) electrons. The Kier molecular flexibility index (Phi) is 3.11. The lowest BCUT2D eigenvalue weighted by Crippen LogP contribution is -1.99. The van der Waals surface area contributed by atoms with Gasteiger partial charge in [0, 0.05) is 22.7 Å². The first-order valence-corrected chi connectivity index (χ1v) is 6.67. The van der Waals surface area contributed by atoms with Crippen molar-refractivity contribution in [2.24, 2.45) is 0 Å². The van der Waals surface area contributed by atoms with E-state index in [1.54, 1.807) is 6.08 Å². The van der Waals surface area contributed by atoms with E-state index in [1.807, 2.05) is 6.07 Å². The molecule has 0 amide bonds. The van der Waals surface area contributed by atoms with Gasteiger partial charge in [0.2, 0.25) is 0 Å². The third-order valence-electron chi connectivity index (χ3n) is 3.74. The summed E-state index contributed by atoms with van der Waals surface area (Å²) in [5.74, 6) is -0.323. The molecule has 0 saturated heterocycles. The summed E-state index contributed by atoms with van der Waals surface area (Å²) in [7, 11) is 1.39. The molecule has 3 rings (SSSR count). The van der Waals surface area contributed by atoms with Gasteiger partial charge in [-0.2, -0.15) is 0 Å². The van der Waals surface area contributed by atoms with Crippen LogP contribution in [0.5, 0.6) is 0 Å². The molecule has 0 aliphatic heterocycles. The fraction of sp³-hybridized carbons (Fsp3) is 0.312. The molecule has 3 nitrogen and oxygen atoms in total. The third kappa shape index (κ3) is 2.28. The van der Waals surface area contributed by atoms with Crippen molar-refractivity contribution < 1.29 is 9.53 Å². The van der Waals surface area contributed by atoms with E-state index >= 15 is 0 Å². The summed E-state index contributed by atoms with van der Waals surface area (Å²) in [5.41, 5.74) is 5.07. The van der Waals surface area contributed by atoms with Crippen LogP contribution in [0.1, 0.15) is 29.7 Å². The predicted molar refractivity (Wildman–Crippen MR) is 76.0 cm³/mol. The highest BCUT2D eigenvalue weighted by Gasteiger charge is 2.14.